The van der Waals surface area contributed by atoms with Crippen molar-refractivity contribution in [3.8, 4) is 5.75 Å². The highest BCUT2D eigenvalue weighted by Crippen LogP contribution is 2.37. The highest BCUT2D eigenvalue weighted by Gasteiger charge is 2.52. The minimum Gasteiger partial charge on any atom is -0.465 e. The fourth-order valence-corrected chi connectivity index (χ4v) is 3.29. The van der Waals surface area contributed by atoms with E-state index < -0.39 is 0 Å². The second kappa shape index (κ2) is 6.36. The summed E-state index contributed by atoms with van der Waals surface area (Å²) in [4.78, 5) is 0. The minimum absolute atomic E-state index is 0.125. The van der Waals surface area contributed by atoms with Gasteiger partial charge in [0.25, 0.3) is 0 Å². The Morgan fingerprint density at radius 2 is 1.58 bits per heavy atom. The lowest BCUT2D eigenvalue weighted by Gasteiger charge is -2.32. The van der Waals surface area contributed by atoms with Gasteiger partial charge in [-0.05, 0) is 83.1 Å². The van der Waals surface area contributed by atoms with Gasteiger partial charge in [0.1, 0.15) is 5.75 Å². The third-order valence-electron chi connectivity index (χ3n) is 5.46. The fraction of sp³-hybridized carbons (Fsp3) is 0.684. The second-order valence-electron chi connectivity index (χ2n) is 7.97. The number of aryl methyl sites for hydroxylation is 2. The highest BCUT2D eigenvalue weighted by atomic mass is 16.7. The lowest BCUT2D eigenvalue weighted by atomic mass is 9.73. The van der Waals surface area contributed by atoms with Crippen molar-refractivity contribution in [2.45, 2.75) is 78.3 Å². The molecular formula is C19H29BO4. The summed E-state index contributed by atoms with van der Waals surface area (Å²) in [7, 11) is -0.338. The van der Waals surface area contributed by atoms with Crippen LogP contribution in [0.4, 0.5) is 0 Å². The smallest absolute Gasteiger partial charge is 0.465 e. The van der Waals surface area contributed by atoms with E-state index in [9.17, 15) is 0 Å². The predicted molar refractivity (Wildman–Crippen MR) is 95.9 cm³/mol. The molecule has 0 saturated carbocycles. The number of benzene rings is 1. The standard InChI is InChI=1S/C19H29BO4/c1-13-11-15(22-16-9-7-8-10-21-16)12-14(2)17(13)20-23-18(3,4)19(5,6)24-20/h11-12,16H,7-10H2,1-6H3. The van der Waals surface area contributed by atoms with E-state index in [1.54, 1.807) is 0 Å². The number of hydrogen-bond donors (Lipinski definition) is 0. The topological polar surface area (TPSA) is 36.9 Å². The third-order valence-corrected chi connectivity index (χ3v) is 5.46. The van der Waals surface area contributed by atoms with E-state index in [1.807, 2.05) is 0 Å². The molecule has 2 heterocycles. The maximum Gasteiger partial charge on any atom is 0.495 e. The van der Waals surface area contributed by atoms with Crippen LogP contribution in [0.2, 0.25) is 0 Å². The maximum absolute atomic E-state index is 6.21. The summed E-state index contributed by atoms with van der Waals surface area (Å²) in [5.41, 5.74) is 2.69. The van der Waals surface area contributed by atoms with Crippen LogP contribution >= 0.6 is 0 Å². The monoisotopic (exact) mass is 332 g/mol. The molecule has 2 fully saturated rings. The van der Waals surface area contributed by atoms with Gasteiger partial charge in [-0.3, -0.25) is 0 Å². The van der Waals surface area contributed by atoms with Crippen LogP contribution in [0.15, 0.2) is 12.1 Å². The SMILES string of the molecule is Cc1cc(OC2CCCCO2)cc(C)c1B1OC(C)(C)C(C)(C)O1. The molecule has 2 aliphatic rings. The van der Waals surface area contributed by atoms with Crippen molar-refractivity contribution in [3.05, 3.63) is 23.3 Å². The lowest BCUT2D eigenvalue weighted by molar-refractivity contribution is -0.105. The summed E-state index contributed by atoms with van der Waals surface area (Å²) < 4.78 is 24.1. The zero-order valence-electron chi connectivity index (χ0n) is 15.8. The molecule has 24 heavy (non-hydrogen) atoms. The van der Waals surface area contributed by atoms with E-state index in [2.05, 4.69) is 53.7 Å². The molecule has 4 nitrogen and oxygen atoms in total. The largest absolute Gasteiger partial charge is 0.495 e. The molecule has 0 amide bonds. The first-order chi connectivity index (χ1) is 11.2. The number of rotatable bonds is 3. The van der Waals surface area contributed by atoms with Gasteiger partial charge in [-0.1, -0.05) is 0 Å². The van der Waals surface area contributed by atoms with Crippen LogP contribution in [0.3, 0.4) is 0 Å². The molecule has 2 aliphatic heterocycles. The van der Waals surface area contributed by atoms with E-state index in [-0.39, 0.29) is 24.6 Å². The second-order valence-corrected chi connectivity index (χ2v) is 7.97. The molecule has 0 bridgehead atoms. The van der Waals surface area contributed by atoms with Crippen LogP contribution in [-0.4, -0.2) is 31.2 Å². The van der Waals surface area contributed by atoms with Crippen molar-refractivity contribution in [2.75, 3.05) is 6.61 Å². The van der Waals surface area contributed by atoms with Crippen LogP contribution in [0, 0.1) is 13.8 Å². The van der Waals surface area contributed by atoms with Crippen molar-refractivity contribution in [1.82, 2.24) is 0 Å². The van der Waals surface area contributed by atoms with Gasteiger partial charge in [0.2, 0.25) is 0 Å². The zero-order chi connectivity index (χ0) is 17.5. The first-order valence-electron chi connectivity index (χ1n) is 8.95. The van der Waals surface area contributed by atoms with Gasteiger partial charge in [0, 0.05) is 6.42 Å². The molecule has 1 aromatic rings. The fourth-order valence-electron chi connectivity index (χ4n) is 3.29. The summed E-state index contributed by atoms with van der Waals surface area (Å²) in [6.07, 6.45) is 3.12. The molecule has 1 atom stereocenters. The third kappa shape index (κ3) is 3.35. The van der Waals surface area contributed by atoms with Crippen molar-refractivity contribution in [1.29, 1.82) is 0 Å². The van der Waals surface area contributed by atoms with E-state index >= 15 is 0 Å². The first-order valence-corrected chi connectivity index (χ1v) is 8.95. The molecule has 2 saturated heterocycles. The average Bonchev–Trinajstić information content (AvgIpc) is 2.67. The Balaban J connectivity index is 1.80. The van der Waals surface area contributed by atoms with Gasteiger partial charge in [-0.2, -0.15) is 0 Å². The Labute approximate surface area is 146 Å². The highest BCUT2D eigenvalue weighted by molar-refractivity contribution is 6.63. The Morgan fingerprint density at radius 1 is 1.00 bits per heavy atom. The average molecular weight is 332 g/mol. The van der Waals surface area contributed by atoms with Gasteiger partial charge in [0.15, 0.2) is 6.29 Å². The summed E-state index contributed by atoms with van der Waals surface area (Å²) in [5.74, 6) is 0.858. The van der Waals surface area contributed by atoms with Crippen LogP contribution < -0.4 is 10.2 Å². The van der Waals surface area contributed by atoms with Gasteiger partial charge in [-0.25, -0.2) is 0 Å². The molecule has 0 spiro atoms. The van der Waals surface area contributed by atoms with Crippen LogP contribution in [-0.2, 0) is 14.0 Å². The summed E-state index contributed by atoms with van der Waals surface area (Å²) in [5, 5.41) is 0. The molecule has 0 radical (unpaired) electrons. The number of hydrogen-bond acceptors (Lipinski definition) is 4. The van der Waals surface area contributed by atoms with Crippen LogP contribution in [0.1, 0.15) is 58.1 Å². The number of ether oxygens (including phenoxy) is 2. The van der Waals surface area contributed by atoms with Crippen molar-refractivity contribution in [3.63, 3.8) is 0 Å². The van der Waals surface area contributed by atoms with Crippen molar-refractivity contribution in [2.24, 2.45) is 0 Å². The predicted octanol–water partition coefficient (Wildman–Crippen LogP) is 3.51. The molecular weight excluding hydrogens is 303 g/mol. The van der Waals surface area contributed by atoms with E-state index in [0.717, 1.165) is 48.2 Å². The Kier molecular flexibility index (Phi) is 4.71. The van der Waals surface area contributed by atoms with E-state index in [4.69, 9.17) is 18.8 Å². The summed E-state index contributed by atoms with van der Waals surface area (Å²) in [6, 6.07) is 4.12. The lowest BCUT2D eigenvalue weighted by Crippen LogP contribution is -2.41. The summed E-state index contributed by atoms with van der Waals surface area (Å²) in [6.45, 7) is 13.3. The van der Waals surface area contributed by atoms with Gasteiger partial charge in [-0.15, -0.1) is 0 Å². The molecule has 132 valence electrons. The normalized spacial score (nSPS) is 25.8. The quantitative estimate of drug-likeness (QED) is 0.794. The first kappa shape index (κ1) is 17.8. The van der Waals surface area contributed by atoms with Gasteiger partial charge >= 0.3 is 7.12 Å². The molecule has 0 aromatic heterocycles. The van der Waals surface area contributed by atoms with Gasteiger partial charge < -0.3 is 18.8 Å². The van der Waals surface area contributed by atoms with E-state index in [0.29, 0.717) is 0 Å². The van der Waals surface area contributed by atoms with E-state index in [1.165, 1.54) is 0 Å². The minimum atomic E-state index is -0.338. The van der Waals surface area contributed by atoms with Gasteiger partial charge in [0.05, 0.1) is 17.8 Å². The van der Waals surface area contributed by atoms with Crippen molar-refractivity contribution < 1.29 is 18.8 Å². The molecule has 5 heteroatoms. The Bertz CT molecular complexity index is 566. The summed E-state index contributed by atoms with van der Waals surface area (Å²) >= 11 is 0. The molecule has 0 aliphatic carbocycles. The van der Waals surface area contributed by atoms with Crippen LogP contribution in [0.5, 0.6) is 5.75 Å². The molecule has 0 N–H and O–H groups in total. The Hall–Kier alpha value is -1.04. The van der Waals surface area contributed by atoms with Crippen LogP contribution in [0.25, 0.3) is 0 Å². The zero-order valence-corrected chi connectivity index (χ0v) is 15.8. The molecule has 3 rings (SSSR count). The Morgan fingerprint density at radius 3 is 2.08 bits per heavy atom. The molecule has 1 aromatic carbocycles. The van der Waals surface area contributed by atoms with Crippen molar-refractivity contribution >= 4 is 12.6 Å². The maximum atomic E-state index is 6.21. The molecule has 1 unspecified atom stereocenters.